The van der Waals surface area contributed by atoms with E-state index >= 15 is 0 Å². The molecular formula is C11H8BrF2N5O. The van der Waals surface area contributed by atoms with E-state index in [2.05, 4.69) is 36.6 Å². The minimum atomic E-state index is -0.778. The lowest BCUT2D eigenvalue weighted by molar-refractivity contribution is 0.102. The Kier molecular flexibility index (Phi) is 4.20. The normalized spacial score (nSPS) is 10.2. The van der Waals surface area contributed by atoms with E-state index in [9.17, 15) is 13.6 Å². The van der Waals surface area contributed by atoms with Crippen molar-refractivity contribution in [2.24, 2.45) is 5.84 Å². The Morgan fingerprint density at radius 1 is 1.20 bits per heavy atom. The van der Waals surface area contributed by atoms with E-state index in [1.54, 1.807) is 0 Å². The zero-order valence-corrected chi connectivity index (χ0v) is 11.4. The summed E-state index contributed by atoms with van der Waals surface area (Å²) in [6, 6.07) is 1.78. The maximum atomic E-state index is 13.6. The van der Waals surface area contributed by atoms with Crippen molar-refractivity contribution in [3.63, 3.8) is 0 Å². The quantitative estimate of drug-likeness (QED) is 0.450. The number of benzene rings is 1. The molecule has 0 saturated heterocycles. The van der Waals surface area contributed by atoms with Crippen molar-refractivity contribution in [2.45, 2.75) is 0 Å². The molecule has 9 heteroatoms. The fourth-order valence-corrected chi connectivity index (χ4v) is 1.64. The highest BCUT2D eigenvalue weighted by Gasteiger charge is 2.13. The van der Waals surface area contributed by atoms with Crippen LogP contribution in [-0.4, -0.2) is 15.9 Å². The van der Waals surface area contributed by atoms with Gasteiger partial charge in [-0.05, 0) is 22.0 Å². The van der Waals surface area contributed by atoms with Crippen LogP contribution >= 0.6 is 15.9 Å². The second-order valence-corrected chi connectivity index (χ2v) is 4.49. The molecule has 20 heavy (non-hydrogen) atoms. The molecule has 0 atom stereocenters. The first-order valence-corrected chi connectivity index (χ1v) is 6.05. The molecule has 4 N–H and O–H groups in total. The maximum Gasteiger partial charge on any atom is 0.275 e. The SMILES string of the molecule is NNc1cnc(C(=O)Nc2cc(F)c(Br)cc2F)cn1. The summed E-state index contributed by atoms with van der Waals surface area (Å²) in [5.74, 6) is 3.17. The highest BCUT2D eigenvalue weighted by Crippen LogP contribution is 2.23. The predicted molar refractivity (Wildman–Crippen MR) is 71.9 cm³/mol. The molecule has 0 spiro atoms. The third-order valence-electron chi connectivity index (χ3n) is 2.29. The Morgan fingerprint density at radius 3 is 2.55 bits per heavy atom. The van der Waals surface area contributed by atoms with Gasteiger partial charge in [0.1, 0.15) is 17.3 Å². The molecule has 0 bridgehead atoms. The lowest BCUT2D eigenvalue weighted by atomic mass is 10.3. The molecule has 0 aliphatic carbocycles. The number of aromatic nitrogens is 2. The van der Waals surface area contributed by atoms with Gasteiger partial charge in [0.2, 0.25) is 0 Å². The van der Waals surface area contributed by atoms with Gasteiger partial charge >= 0.3 is 0 Å². The van der Waals surface area contributed by atoms with Gasteiger partial charge < -0.3 is 10.7 Å². The van der Waals surface area contributed by atoms with E-state index in [0.717, 1.165) is 18.3 Å². The van der Waals surface area contributed by atoms with Gasteiger partial charge in [-0.25, -0.2) is 24.6 Å². The molecule has 2 rings (SSSR count). The number of amides is 1. The van der Waals surface area contributed by atoms with Gasteiger partial charge in [-0.3, -0.25) is 4.79 Å². The number of carbonyl (C=O) groups is 1. The highest BCUT2D eigenvalue weighted by atomic mass is 79.9. The highest BCUT2D eigenvalue weighted by molar-refractivity contribution is 9.10. The average molecular weight is 344 g/mol. The topological polar surface area (TPSA) is 92.9 Å². The second kappa shape index (κ2) is 5.88. The van der Waals surface area contributed by atoms with E-state index in [0.29, 0.717) is 0 Å². The van der Waals surface area contributed by atoms with E-state index in [1.165, 1.54) is 6.20 Å². The largest absolute Gasteiger partial charge is 0.318 e. The lowest BCUT2D eigenvalue weighted by Crippen LogP contribution is -2.16. The van der Waals surface area contributed by atoms with Crippen molar-refractivity contribution in [2.75, 3.05) is 10.7 Å². The van der Waals surface area contributed by atoms with Crippen LogP contribution in [0.3, 0.4) is 0 Å². The van der Waals surface area contributed by atoms with E-state index in [4.69, 9.17) is 5.84 Å². The number of hydrazine groups is 1. The number of rotatable bonds is 3. The van der Waals surface area contributed by atoms with E-state index < -0.39 is 17.5 Å². The Hall–Kier alpha value is -2.13. The molecule has 0 fully saturated rings. The van der Waals surface area contributed by atoms with Crippen LogP contribution in [0.25, 0.3) is 0 Å². The molecule has 1 aromatic carbocycles. The number of hydrogen-bond donors (Lipinski definition) is 3. The summed E-state index contributed by atoms with van der Waals surface area (Å²) in [6.07, 6.45) is 2.38. The molecule has 6 nitrogen and oxygen atoms in total. The summed E-state index contributed by atoms with van der Waals surface area (Å²) in [6.45, 7) is 0. The fourth-order valence-electron chi connectivity index (χ4n) is 1.32. The Morgan fingerprint density at radius 2 is 1.95 bits per heavy atom. The molecule has 0 unspecified atom stereocenters. The number of anilines is 2. The zero-order chi connectivity index (χ0) is 14.7. The number of nitrogens with zero attached hydrogens (tertiary/aromatic N) is 2. The van der Waals surface area contributed by atoms with Crippen LogP contribution in [0.1, 0.15) is 10.5 Å². The number of carbonyl (C=O) groups excluding carboxylic acids is 1. The Balaban J connectivity index is 2.20. The van der Waals surface area contributed by atoms with Crippen molar-refractivity contribution in [1.29, 1.82) is 0 Å². The molecule has 0 saturated carbocycles. The summed E-state index contributed by atoms with van der Waals surface area (Å²) >= 11 is 2.84. The summed E-state index contributed by atoms with van der Waals surface area (Å²) in [7, 11) is 0. The van der Waals surface area contributed by atoms with Crippen LogP contribution in [0.15, 0.2) is 29.0 Å². The van der Waals surface area contributed by atoms with E-state index in [1.807, 2.05) is 0 Å². The average Bonchev–Trinajstić information content (AvgIpc) is 2.44. The third-order valence-corrected chi connectivity index (χ3v) is 2.90. The number of nitrogen functional groups attached to an aromatic ring is 1. The van der Waals surface area contributed by atoms with Gasteiger partial charge in [0, 0.05) is 6.07 Å². The first-order chi connectivity index (χ1) is 9.51. The zero-order valence-electron chi connectivity index (χ0n) is 9.82. The summed E-state index contributed by atoms with van der Waals surface area (Å²) in [5, 5.41) is 2.20. The molecular weight excluding hydrogens is 336 g/mol. The molecule has 0 aliphatic rings. The predicted octanol–water partition coefficient (Wildman–Crippen LogP) is 2.06. The molecule has 0 aliphatic heterocycles. The summed E-state index contributed by atoms with van der Waals surface area (Å²) in [5.41, 5.74) is 1.89. The number of hydrogen-bond acceptors (Lipinski definition) is 5. The molecule has 1 amide bonds. The number of nitrogens with two attached hydrogens (primary N) is 1. The smallest absolute Gasteiger partial charge is 0.275 e. The first kappa shape index (κ1) is 14.3. The van der Waals surface area contributed by atoms with Gasteiger partial charge in [0.05, 0.1) is 22.6 Å². The Bertz CT molecular complexity index is 650. The molecule has 1 heterocycles. The summed E-state index contributed by atoms with van der Waals surface area (Å²) in [4.78, 5) is 19.3. The maximum absolute atomic E-state index is 13.6. The molecule has 0 radical (unpaired) electrons. The Labute approximate surface area is 120 Å². The van der Waals surface area contributed by atoms with Crippen molar-refractivity contribution in [3.8, 4) is 0 Å². The van der Waals surface area contributed by atoms with Crippen LogP contribution < -0.4 is 16.6 Å². The van der Waals surface area contributed by atoms with Gasteiger partial charge in [-0.1, -0.05) is 0 Å². The van der Waals surface area contributed by atoms with Crippen molar-refractivity contribution < 1.29 is 13.6 Å². The van der Waals surface area contributed by atoms with Gasteiger partial charge in [0.25, 0.3) is 5.91 Å². The lowest BCUT2D eigenvalue weighted by Gasteiger charge is -2.07. The first-order valence-electron chi connectivity index (χ1n) is 5.26. The van der Waals surface area contributed by atoms with Crippen molar-refractivity contribution in [1.82, 2.24) is 9.97 Å². The molecule has 2 aromatic rings. The third kappa shape index (κ3) is 3.06. The molecule has 1 aromatic heterocycles. The molecule has 104 valence electrons. The van der Waals surface area contributed by atoms with Crippen LogP contribution in [0.4, 0.5) is 20.3 Å². The van der Waals surface area contributed by atoms with Gasteiger partial charge in [-0.2, -0.15) is 0 Å². The van der Waals surface area contributed by atoms with Gasteiger partial charge in [0.15, 0.2) is 5.82 Å². The minimum Gasteiger partial charge on any atom is -0.318 e. The fraction of sp³-hybridized carbons (Fsp3) is 0. The summed E-state index contributed by atoms with van der Waals surface area (Å²) < 4.78 is 26.8. The monoisotopic (exact) mass is 343 g/mol. The standard InChI is InChI=1S/C11H8BrF2N5O/c12-5-1-7(14)8(2-6(5)13)18-11(20)9-3-17-10(19-15)4-16-9/h1-4H,15H2,(H,17,19)(H,18,20). The van der Waals surface area contributed by atoms with Crippen LogP contribution in [0.5, 0.6) is 0 Å². The number of nitrogens with one attached hydrogen (secondary N) is 2. The van der Waals surface area contributed by atoms with Crippen molar-refractivity contribution in [3.05, 3.63) is 46.3 Å². The van der Waals surface area contributed by atoms with Crippen LogP contribution in [0, 0.1) is 11.6 Å². The number of halogens is 3. The van der Waals surface area contributed by atoms with Crippen molar-refractivity contribution >= 4 is 33.3 Å². The second-order valence-electron chi connectivity index (χ2n) is 3.63. The van der Waals surface area contributed by atoms with Crippen LogP contribution in [-0.2, 0) is 0 Å². The van der Waals surface area contributed by atoms with Crippen LogP contribution in [0.2, 0.25) is 0 Å². The minimum absolute atomic E-state index is 0.0360. The van der Waals surface area contributed by atoms with Gasteiger partial charge in [-0.15, -0.1) is 0 Å². The van der Waals surface area contributed by atoms with E-state index in [-0.39, 0.29) is 21.7 Å².